The molecule has 0 amide bonds. The molecule has 1 aromatic rings. The highest BCUT2D eigenvalue weighted by molar-refractivity contribution is 9.10. The fraction of sp³-hybridized carbons (Fsp3) is 0.300. The van der Waals surface area contributed by atoms with Crippen LogP contribution in [0.5, 0.6) is 5.75 Å². The number of aliphatic hydroxyl groups excluding tert-OH is 1. The number of carbonyl (C=O) groups is 1. The highest BCUT2D eigenvalue weighted by Crippen LogP contribution is 2.26. The van der Waals surface area contributed by atoms with E-state index in [1.54, 1.807) is 6.07 Å². The lowest BCUT2D eigenvalue weighted by molar-refractivity contribution is -0.146. The molecule has 0 aliphatic heterocycles. The maximum Gasteiger partial charge on any atom is 0.333 e. The Bertz CT molecular complexity index is 573. The maximum atomic E-state index is 12.0. The molecule has 0 bridgehead atoms. The summed E-state index contributed by atoms with van der Waals surface area (Å²) in [5.74, 6) is -1.40. The number of carboxylic acids is 1. The van der Waals surface area contributed by atoms with E-state index in [2.05, 4.69) is 15.9 Å². The number of nitrogens with one attached hydrogen (secondary N) is 1. The molecule has 0 saturated carbocycles. The van der Waals surface area contributed by atoms with Crippen LogP contribution in [0.1, 0.15) is 0 Å². The summed E-state index contributed by atoms with van der Waals surface area (Å²) in [7, 11) is -2.67. The van der Waals surface area contributed by atoms with Crippen LogP contribution in [-0.2, 0) is 14.8 Å². The molecular formula is C10H12BrNO6S. The van der Waals surface area contributed by atoms with Gasteiger partial charge in [-0.2, -0.15) is 0 Å². The summed E-state index contributed by atoms with van der Waals surface area (Å²) in [5, 5.41) is 17.5. The molecule has 0 aliphatic rings. The van der Waals surface area contributed by atoms with E-state index in [0.717, 1.165) is 0 Å². The number of carboxylic acid groups (broad SMARTS) is 1. The summed E-state index contributed by atoms with van der Waals surface area (Å²) in [6.07, 6.45) is -1.81. The van der Waals surface area contributed by atoms with Gasteiger partial charge < -0.3 is 14.9 Å². The van der Waals surface area contributed by atoms with E-state index in [0.29, 0.717) is 4.47 Å². The zero-order chi connectivity index (χ0) is 14.6. The normalized spacial score (nSPS) is 13.0. The first-order valence-electron chi connectivity index (χ1n) is 5.02. The van der Waals surface area contributed by atoms with Gasteiger partial charge in [0.05, 0.1) is 7.11 Å². The fourth-order valence-corrected chi connectivity index (χ4v) is 2.96. The summed E-state index contributed by atoms with van der Waals surface area (Å²) in [6.45, 7) is -0.632. The van der Waals surface area contributed by atoms with Crippen molar-refractivity contribution in [2.45, 2.75) is 11.0 Å². The Hall–Kier alpha value is -1.16. The van der Waals surface area contributed by atoms with Crippen LogP contribution < -0.4 is 9.46 Å². The van der Waals surface area contributed by atoms with Crippen LogP contribution in [0, 0.1) is 0 Å². The number of hydrogen-bond donors (Lipinski definition) is 3. The van der Waals surface area contributed by atoms with Gasteiger partial charge >= 0.3 is 5.97 Å². The second kappa shape index (κ2) is 6.33. The van der Waals surface area contributed by atoms with Crippen molar-refractivity contribution in [3.63, 3.8) is 0 Å². The van der Waals surface area contributed by atoms with Gasteiger partial charge in [-0.3, -0.25) is 0 Å². The molecule has 1 atom stereocenters. The van der Waals surface area contributed by atoms with Crippen LogP contribution in [0.25, 0.3) is 0 Å². The minimum absolute atomic E-state index is 0.112. The summed E-state index contributed by atoms with van der Waals surface area (Å²) in [6, 6.07) is 4.37. The number of sulfonamides is 1. The van der Waals surface area contributed by atoms with Gasteiger partial charge in [-0.15, -0.1) is 0 Å². The van der Waals surface area contributed by atoms with Crippen molar-refractivity contribution in [2.75, 3.05) is 13.7 Å². The van der Waals surface area contributed by atoms with Gasteiger partial charge in [-0.1, -0.05) is 15.9 Å². The molecule has 0 aromatic heterocycles. The minimum Gasteiger partial charge on any atom is -0.495 e. The van der Waals surface area contributed by atoms with Crippen molar-refractivity contribution in [1.29, 1.82) is 0 Å². The van der Waals surface area contributed by atoms with Crippen LogP contribution in [0.15, 0.2) is 27.6 Å². The zero-order valence-electron chi connectivity index (χ0n) is 9.83. The predicted octanol–water partition coefficient (Wildman–Crippen LogP) is 0.182. The van der Waals surface area contributed by atoms with Gasteiger partial charge in [0.2, 0.25) is 10.0 Å². The Morgan fingerprint density at radius 2 is 2.16 bits per heavy atom. The molecule has 0 fully saturated rings. The van der Waals surface area contributed by atoms with Gasteiger partial charge in [-0.05, 0) is 18.2 Å². The van der Waals surface area contributed by atoms with E-state index in [9.17, 15) is 13.2 Å². The molecule has 0 radical (unpaired) electrons. The van der Waals surface area contributed by atoms with Crippen molar-refractivity contribution >= 4 is 31.9 Å². The quantitative estimate of drug-likeness (QED) is 0.672. The van der Waals surface area contributed by atoms with Crippen molar-refractivity contribution in [1.82, 2.24) is 4.72 Å². The van der Waals surface area contributed by atoms with Crippen LogP contribution in [0.2, 0.25) is 0 Å². The summed E-state index contributed by atoms with van der Waals surface area (Å²) < 4.78 is 31.4. The largest absolute Gasteiger partial charge is 0.495 e. The number of aliphatic hydroxyl groups is 1. The lowest BCUT2D eigenvalue weighted by Gasteiger charge is -2.12. The summed E-state index contributed by atoms with van der Waals surface area (Å²) >= 11 is 3.13. The van der Waals surface area contributed by atoms with E-state index in [1.165, 1.54) is 19.2 Å². The number of methoxy groups -OCH3 is 1. The molecule has 7 nitrogen and oxygen atoms in total. The Balaban J connectivity index is 3.00. The highest BCUT2D eigenvalue weighted by atomic mass is 79.9. The molecule has 3 N–H and O–H groups in total. The molecule has 19 heavy (non-hydrogen) atoms. The molecule has 0 heterocycles. The number of halogens is 1. The Morgan fingerprint density at radius 1 is 1.53 bits per heavy atom. The van der Waals surface area contributed by atoms with Crippen LogP contribution in [-0.4, -0.2) is 44.4 Å². The molecule has 0 spiro atoms. The molecule has 1 unspecified atom stereocenters. The molecule has 0 saturated heterocycles. The number of ether oxygens (including phenoxy) is 1. The molecule has 106 valence electrons. The van der Waals surface area contributed by atoms with Crippen molar-refractivity contribution < 1.29 is 28.2 Å². The number of hydrogen-bond acceptors (Lipinski definition) is 5. The van der Waals surface area contributed by atoms with Crippen molar-refractivity contribution in [2.24, 2.45) is 0 Å². The lowest BCUT2D eigenvalue weighted by atomic mass is 10.3. The van der Waals surface area contributed by atoms with Gasteiger partial charge in [0, 0.05) is 11.0 Å². The summed E-state index contributed by atoms with van der Waals surface area (Å²) in [4.78, 5) is 10.3. The van der Waals surface area contributed by atoms with Crippen LogP contribution >= 0.6 is 15.9 Å². The monoisotopic (exact) mass is 353 g/mol. The zero-order valence-corrected chi connectivity index (χ0v) is 12.2. The Morgan fingerprint density at radius 3 is 2.68 bits per heavy atom. The second-order valence-electron chi connectivity index (χ2n) is 3.50. The standard InChI is InChI=1S/C10H12BrNO6S/c1-18-8-3-2-6(11)4-9(8)19(16,17)12-5-7(13)10(14)15/h2-4,7,12-13H,5H2,1H3,(H,14,15). The number of rotatable bonds is 6. The van der Waals surface area contributed by atoms with Crippen molar-refractivity contribution in [3.05, 3.63) is 22.7 Å². The first kappa shape index (κ1) is 15.9. The first-order chi connectivity index (χ1) is 8.77. The molecule has 1 rings (SSSR count). The topological polar surface area (TPSA) is 113 Å². The van der Waals surface area contributed by atoms with Gasteiger partial charge in [0.25, 0.3) is 0 Å². The maximum absolute atomic E-state index is 12.0. The van der Waals surface area contributed by atoms with E-state index in [4.69, 9.17) is 14.9 Å². The van der Waals surface area contributed by atoms with Gasteiger partial charge in [0.1, 0.15) is 10.6 Å². The van der Waals surface area contributed by atoms with E-state index >= 15 is 0 Å². The minimum atomic E-state index is -3.98. The Labute approximate surface area is 118 Å². The second-order valence-corrected chi connectivity index (χ2v) is 6.15. The third-order valence-electron chi connectivity index (χ3n) is 2.17. The SMILES string of the molecule is COc1ccc(Br)cc1S(=O)(=O)NCC(O)C(=O)O. The van der Waals surface area contributed by atoms with Crippen molar-refractivity contribution in [3.8, 4) is 5.75 Å². The van der Waals surface area contributed by atoms with E-state index in [-0.39, 0.29) is 10.6 Å². The molecular weight excluding hydrogens is 342 g/mol. The van der Waals surface area contributed by atoms with E-state index < -0.39 is 28.6 Å². The average Bonchev–Trinajstić information content (AvgIpc) is 2.35. The van der Waals surface area contributed by atoms with Gasteiger partial charge in [-0.25, -0.2) is 17.9 Å². The molecule has 0 aliphatic carbocycles. The van der Waals surface area contributed by atoms with Crippen LogP contribution in [0.4, 0.5) is 0 Å². The number of benzene rings is 1. The summed E-state index contributed by atoms with van der Waals surface area (Å²) in [5.41, 5.74) is 0. The fourth-order valence-electron chi connectivity index (χ4n) is 1.21. The first-order valence-corrected chi connectivity index (χ1v) is 7.29. The Kier molecular flexibility index (Phi) is 5.29. The third kappa shape index (κ3) is 4.16. The smallest absolute Gasteiger partial charge is 0.333 e. The van der Waals surface area contributed by atoms with Gasteiger partial charge in [0.15, 0.2) is 6.10 Å². The lowest BCUT2D eigenvalue weighted by Crippen LogP contribution is -2.36. The average molecular weight is 354 g/mol. The number of aliphatic carboxylic acids is 1. The molecule has 9 heteroatoms. The van der Waals surface area contributed by atoms with Crippen LogP contribution in [0.3, 0.4) is 0 Å². The van der Waals surface area contributed by atoms with E-state index in [1.807, 2.05) is 4.72 Å². The highest BCUT2D eigenvalue weighted by Gasteiger charge is 2.22. The molecule has 1 aromatic carbocycles. The predicted molar refractivity (Wildman–Crippen MR) is 69.5 cm³/mol. The third-order valence-corrected chi connectivity index (χ3v) is 4.10.